The molecule has 0 unspecified atom stereocenters. The second-order valence-corrected chi connectivity index (χ2v) is 6.03. The lowest BCUT2D eigenvalue weighted by molar-refractivity contribution is 0.131. The van der Waals surface area contributed by atoms with Gasteiger partial charge in [0.05, 0.1) is 18.8 Å². The van der Waals surface area contributed by atoms with Gasteiger partial charge in [-0.3, -0.25) is 10.1 Å². The van der Waals surface area contributed by atoms with E-state index in [1.165, 1.54) is 22.9 Å². The monoisotopic (exact) mass is 401 g/mol. The minimum Gasteiger partial charge on any atom is -0.447 e. The molecule has 9 heteroatoms. The molecule has 0 saturated carbocycles. The maximum Gasteiger partial charge on any atom is 0.411 e. The SMILES string of the molecule is O=C(Nc1cccc(Cn2nc(-c3ccc(F)c(F)c3)ccc2=O)c1)OCCO. The van der Waals surface area contributed by atoms with Gasteiger partial charge < -0.3 is 9.84 Å². The van der Waals surface area contributed by atoms with Gasteiger partial charge >= 0.3 is 6.09 Å². The van der Waals surface area contributed by atoms with Crippen LogP contribution in [0.2, 0.25) is 0 Å². The molecule has 0 fully saturated rings. The lowest BCUT2D eigenvalue weighted by Crippen LogP contribution is -2.23. The Balaban J connectivity index is 1.81. The maximum absolute atomic E-state index is 13.5. The molecule has 0 atom stereocenters. The van der Waals surface area contributed by atoms with Gasteiger partial charge in [0.25, 0.3) is 5.56 Å². The summed E-state index contributed by atoms with van der Waals surface area (Å²) in [4.78, 5) is 23.7. The number of aromatic nitrogens is 2. The highest BCUT2D eigenvalue weighted by Gasteiger charge is 2.09. The van der Waals surface area contributed by atoms with E-state index in [9.17, 15) is 18.4 Å². The molecule has 0 aliphatic rings. The number of carbonyl (C=O) groups excluding carboxylic acids is 1. The van der Waals surface area contributed by atoms with Crippen LogP contribution in [0.25, 0.3) is 11.3 Å². The summed E-state index contributed by atoms with van der Waals surface area (Å²) < 4.78 is 32.5. The molecule has 1 heterocycles. The highest BCUT2D eigenvalue weighted by molar-refractivity contribution is 5.84. The van der Waals surface area contributed by atoms with Crippen LogP contribution in [-0.2, 0) is 11.3 Å². The molecule has 3 rings (SSSR count). The fourth-order valence-corrected chi connectivity index (χ4v) is 2.58. The van der Waals surface area contributed by atoms with E-state index in [-0.39, 0.29) is 25.3 Å². The number of rotatable bonds is 6. The first-order chi connectivity index (χ1) is 14.0. The zero-order valence-electron chi connectivity index (χ0n) is 15.1. The molecular formula is C20H17F2N3O4. The van der Waals surface area contributed by atoms with Crippen molar-refractivity contribution < 1.29 is 23.4 Å². The lowest BCUT2D eigenvalue weighted by Gasteiger charge is -2.10. The van der Waals surface area contributed by atoms with Gasteiger partial charge in [-0.2, -0.15) is 5.10 Å². The molecule has 2 N–H and O–H groups in total. The fourth-order valence-electron chi connectivity index (χ4n) is 2.58. The highest BCUT2D eigenvalue weighted by atomic mass is 19.2. The van der Waals surface area contributed by atoms with Crippen LogP contribution in [0, 0.1) is 11.6 Å². The Morgan fingerprint density at radius 3 is 2.69 bits per heavy atom. The summed E-state index contributed by atoms with van der Waals surface area (Å²) in [6.45, 7) is -0.310. The van der Waals surface area contributed by atoms with E-state index in [0.29, 0.717) is 22.5 Å². The Hall–Kier alpha value is -3.59. The van der Waals surface area contributed by atoms with E-state index >= 15 is 0 Å². The summed E-state index contributed by atoms with van der Waals surface area (Å²) in [5.41, 5.74) is 1.37. The van der Waals surface area contributed by atoms with Crippen LogP contribution in [-0.4, -0.2) is 34.2 Å². The highest BCUT2D eigenvalue weighted by Crippen LogP contribution is 2.19. The molecule has 150 valence electrons. The summed E-state index contributed by atoms with van der Waals surface area (Å²) in [5.74, 6) is -1.97. The van der Waals surface area contributed by atoms with Gasteiger partial charge in [0.2, 0.25) is 0 Å². The van der Waals surface area contributed by atoms with E-state index < -0.39 is 17.7 Å². The predicted molar refractivity (Wildman–Crippen MR) is 101 cm³/mol. The molecule has 0 bridgehead atoms. The number of ether oxygens (including phenoxy) is 1. The number of nitrogens with zero attached hydrogens (tertiary/aromatic N) is 2. The molecular weight excluding hydrogens is 384 g/mol. The standard InChI is InChI=1S/C20H17F2N3O4/c21-16-5-4-14(11-17(16)22)18-6-7-19(27)25(24-18)12-13-2-1-3-15(10-13)23-20(28)29-9-8-26/h1-7,10-11,26H,8-9,12H2,(H,23,28). The van der Waals surface area contributed by atoms with Crippen molar-refractivity contribution in [2.45, 2.75) is 6.54 Å². The fraction of sp³-hybridized carbons (Fsp3) is 0.150. The molecule has 7 nitrogen and oxygen atoms in total. The van der Waals surface area contributed by atoms with Crippen molar-refractivity contribution >= 4 is 11.8 Å². The maximum atomic E-state index is 13.5. The van der Waals surface area contributed by atoms with E-state index in [1.54, 1.807) is 24.3 Å². The summed E-state index contributed by atoms with van der Waals surface area (Å²) in [5, 5.41) is 15.4. The van der Waals surface area contributed by atoms with Gasteiger partial charge in [-0.1, -0.05) is 12.1 Å². The van der Waals surface area contributed by atoms with E-state index in [4.69, 9.17) is 9.84 Å². The third-order valence-electron chi connectivity index (χ3n) is 3.91. The van der Waals surface area contributed by atoms with Gasteiger partial charge in [-0.05, 0) is 42.0 Å². The molecule has 0 aliphatic carbocycles. The first-order valence-electron chi connectivity index (χ1n) is 8.63. The second kappa shape index (κ2) is 9.07. The summed E-state index contributed by atoms with van der Waals surface area (Å²) >= 11 is 0. The lowest BCUT2D eigenvalue weighted by atomic mass is 10.1. The van der Waals surface area contributed by atoms with Gasteiger partial charge in [-0.25, -0.2) is 18.3 Å². The van der Waals surface area contributed by atoms with Crippen molar-refractivity contribution in [1.82, 2.24) is 9.78 Å². The van der Waals surface area contributed by atoms with Gasteiger partial charge in [0.1, 0.15) is 6.61 Å². The summed E-state index contributed by atoms with van der Waals surface area (Å²) in [6, 6.07) is 12.8. The van der Waals surface area contributed by atoms with Gasteiger partial charge in [0.15, 0.2) is 11.6 Å². The topological polar surface area (TPSA) is 93.5 Å². The number of amides is 1. The van der Waals surface area contributed by atoms with E-state index in [0.717, 1.165) is 12.1 Å². The number of hydrogen-bond donors (Lipinski definition) is 2. The molecule has 0 aliphatic heterocycles. The number of nitrogens with one attached hydrogen (secondary N) is 1. The van der Waals surface area contributed by atoms with Crippen LogP contribution in [0.3, 0.4) is 0 Å². The molecule has 0 saturated heterocycles. The van der Waals surface area contributed by atoms with Crippen LogP contribution < -0.4 is 10.9 Å². The molecule has 1 amide bonds. The number of anilines is 1. The second-order valence-electron chi connectivity index (χ2n) is 6.03. The number of aliphatic hydroxyl groups is 1. The zero-order chi connectivity index (χ0) is 20.8. The minimum absolute atomic E-state index is 0.0948. The molecule has 0 spiro atoms. The van der Waals surface area contributed by atoms with Crippen LogP contribution in [0.15, 0.2) is 59.4 Å². The third kappa shape index (κ3) is 5.23. The third-order valence-corrected chi connectivity index (χ3v) is 3.91. The van der Waals surface area contributed by atoms with Crippen molar-refractivity contribution in [3.05, 3.63) is 82.1 Å². The Labute approximate surface area is 164 Å². The quantitative estimate of drug-likeness (QED) is 0.663. The number of aliphatic hydroxyl groups excluding tert-OH is 1. The Morgan fingerprint density at radius 1 is 1.10 bits per heavy atom. The first-order valence-corrected chi connectivity index (χ1v) is 8.63. The Bertz CT molecular complexity index is 1090. The normalized spacial score (nSPS) is 10.6. The number of halogens is 2. The molecule has 1 aromatic heterocycles. The van der Waals surface area contributed by atoms with Gasteiger partial charge in [-0.15, -0.1) is 0 Å². The van der Waals surface area contributed by atoms with E-state index in [1.807, 2.05) is 0 Å². The zero-order valence-corrected chi connectivity index (χ0v) is 15.1. The average Bonchev–Trinajstić information content (AvgIpc) is 2.70. The molecule has 29 heavy (non-hydrogen) atoms. The van der Waals surface area contributed by atoms with Crippen molar-refractivity contribution in [3.63, 3.8) is 0 Å². The Kier molecular flexibility index (Phi) is 6.30. The predicted octanol–water partition coefficient (Wildman–Crippen LogP) is 2.78. The van der Waals surface area contributed by atoms with Crippen LogP contribution >= 0.6 is 0 Å². The van der Waals surface area contributed by atoms with Crippen molar-refractivity contribution in [2.75, 3.05) is 18.5 Å². The van der Waals surface area contributed by atoms with Crippen molar-refractivity contribution in [1.29, 1.82) is 0 Å². The molecule has 2 aromatic carbocycles. The van der Waals surface area contributed by atoms with Crippen LogP contribution in [0.4, 0.5) is 19.3 Å². The largest absolute Gasteiger partial charge is 0.447 e. The Morgan fingerprint density at radius 2 is 1.93 bits per heavy atom. The number of benzene rings is 2. The smallest absolute Gasteiger partial charge is 0.411 e. The minimum atomic E-state index is -1.01. The summed E-state index contributed by atoms with van der Waals surface area (Å²) in [6.07, 6.45) is -0.716. The van der Waals surface area contributed by atoms with Crippen molar-refractivity contribution in [2.24, 2.45) is 0 Å². The molecule has 0 radical (unpaired) electrons. The van der Waals surface area contributed by atoms with E-state index in [2.05, 4.69) is 10.4 Å². The number of carbonyl (C=O) groups is 1. The van der Waals surface area contributed by atoms with Crippen LogP contribution in [0.5, 0.6) is 0 Å². The average molecular weight is 401 g/mol. The van der Waals surface area contributed by atoms with Crippen molar-refractivity contribution in [3.8, 4) is 11.3 Å². The molecule has 3 aromatic rings. The van der Waals surface area contributed by atoms with Gasteiger partial charge in [0, 0.05) is 17.3 Å². The van der Waals surface area contributed by atoms with Crippen LogP contribution in [0.1, 0.15) is 5.56 Å². The first kappa shape index (κ1) is 20.2. The summed E-state index contributed by atoms with van der Waals surface area (Å²) in [7, 11) is 0. The number of hydrogen-bond acceptors (Lipinski definition) is 5.